The second-order valence-corrected chi connectivity index (χ2v) is 5.81. The monoisotopic (exact) mass is 339 g/mol. The lowest BCUT2D eigenvalue weighted by Gasteiger charge is -2.11. The fraction of sp³-hybridized carbons (Fsp3) is 0.263. The molecule has 0 saturated carbocycles. The summed E-state index contributed by atoms with van der Waals surface area (Å²) in [7, 11) is 0. The lowest BCUT2D eigenvalue weighted by Crippen LogP contribution is -2.17. The number of carbonyl (C=O) groups excluding carboxylic acids is 1. The molecule has 1 aromatic heterocycles. The summed E-state index contributed by atoms with van der Waals surface area (Å²) in [6.45, 7) is 2.09. The number of nitrogens with two attached hydrogens (primary N) is 2. The average Bonchev–Trinajstić information content (AvgIpc) is 3.00. The molecule has 1 atom stereocenters. The SMILES string of the molecule is CCOC(=O)Cc1nc(C2=CCC(N)C=C2)c(-c2ccc(N)cc2)o1. The smallest absolute Gasteiger partial charge is 0.315 e. The molecule has 0 saturated heterocycles. The van der Waals surface area contributed by atoms with Gasteiger partial charge in [-0.25, -0.2) is 4.98 Å². The first-order chi connectivity index (χ1) is 12.1. The highest BCUT2D eigenvalue weighted by molar-refractivity contribution is 5.82. The molecule has 0 aliphatic heterocycles. The van der Waals surface area contributed by atoms with Crippen LogP contribution in [0.2, 0.25) is 0 Å². The molecule has 25 heavy (non-hydrogen) atoms. The lowest BCUT2D eigenvalue weighted by molar-refractivity contribution is -0.142. The van der Waals surface area contributed by atoms with Crippen molar-refractivity contribution in [2.45, 2.75) is 25.8 Å². The predicted molar refractivity (Wildman–Crippen MR) is 96.4 cm³/mol. The minimum atomic E-state index is -0.366. The van der Waals surface area contributed by atoms with E-state index >= 15 is 0 Å². The molecule has 0 amide bonds. The first-order valence-electron chi connectivity index (χ1n) is 8.22. The van der Waals surface area contributed by atoms with Crippen LogP contribution in [0.3, 0.4) is 0 Å². The van der Waals surface area contributed by atoms with Gasteiger partial charge in [0, 0.05) is 17.3 Å². The van der Waals surface area contributed by atoms with Crippen LogP contribution in [0, 0.1) is 0 Å². The zero-order valence-corrected chi connectivity index (χ0v) is 14.1. The number of oxazole rings is 1. The summed E-state index contributed by atoms with van der Waals surface area (Å²) >= 11 is 0. The molecule has 6 heteroatoms. The third kappa shape index (κ3) is 3.97. The van der Waals surface area contributed by atoms with Crippen LogP contribution >= 0.6 is 0 Å². The van der Waals surface area contributed by atoms with E-state index in [1.807, 2.05) is 30.4 Å². The second kappa shape index (κ2) is 7.36. The second-order valence-electron chi connectivity index (χ2n) is 5.81. The number of esters is 1. The Kier molecular flexibility index (Phi) is 5.00. The molecule has 0 radical (unpaired) electrons. The van der Waals surface area contributed by atoms with Crippen LogP contribution < -0.4 is 11.5 Å². The summed E-state index contributed by atoms with van der Waals surface area (Å²) in [5, 5.41) is 0. The first kappa shape index (κ1) is 17.0. The topological polar surface area (TPSA) is 104 Å². The van der Waals surface area contributed by atoms with Gasteiger partial charge in [0.1, 0.15) is 12.1 Å². The number of nitrogens with zero attached hydrogens (tertiary/aromatic N) is 1. The molecule has 6 nitrogen and oxygen atoms in total. The lowest BCUT2D eigenvalue weighted by atomic mass is 9.98. The van der Waals surface area contributed by atoms with Gasteiger partial charge in [0.25, 0.3) is 0 Å². The molecule has 1 aliphatic carbocycles. The number of nitrogen functional groups attached to an aromatic ring is 1. The van der Waals surface area contributed by atoms with Crippen molar-refractivity contribution in [1.82, 2.24) is 4.98 Å². The molecule has 0 bridgehead atoms. The Morgan fingerprint density at radius 1 is 1.36 bits per heavy atom. The van der Waals surface area contributed by atoms with Crippen molar-refractivity contribution < 1.29 is 13.9 Å². The molecule has 3 rings (SSSR count). The molecular formula is C19H21N3O3. The van der Waals surface area contributed by atoms with E-state index in [4.69, 9.17) is 20.6 Å². The van der Waals surface area contributed by atoms with Gasteiger partial charge in [0.15, 0.2) is 5.76 Å². The summed E-state index contributed by atoms with van der Waals surface area (Å²) < 4.78 is 10.9. The van der Waals surface area contributed by atoms with Crippen LogP contribution in [0.15, 0.2) is 46.9 Å². The minimum Gasteiger partial charge on any atom is -0.466 e. The van der Waals surface area contributed by atoms with Gasteiger partial charge in [-0.05, 0) is 43.2 Å². The summed E-state index contributed by atoms with van der Waals surface area (Å²) in [5.74, 6) is 0.560. The number of hydrogen-bond acceptors (Lipinski definition) is 6. The zero-order chi connectivity index (χ0) is 17.8. The van der Waals surface area contributed by atoms with Crippen LogP contribution in [0.25, 0.3) is 16.9 Å². The summed E-state index contributed by atoms with van der Waals surface area (Å²) in [5.41, 5.74) is 14.8. The number of hydrogen-bond donors (Lipinski definition) is 2. The maximum Gasteiger partial charge on any atom is 0.315 e. The molecule has 0 spiro atoms. The van der Waals surface area contributed by atoms with Crippen molar-refractivity contribution in [1.29, 1.82) is 0 Å². The fourth-order valence-electron chi connectivity index (χ4n) is 2.61. The first-order valence-corrected chi connectivity index (χ1v) is 8.22. The van der Waals surface area contributed by atoms with Gasteiger partial charge in [0.2, 0.25) is 5.89 Å². The Morgan fingerprint density at radius 3 is 2.76 bits per heavy atom. The Hall–Kier alpha value is -2.86. The van der Waals surface area contributed by atoms with Gasteiger partial charge in [-0.15, -0.1) is 0 Å². The number of anilines is 1. The van der Waals surface area contributed by atoms with Crippen molar-refractivity contribution in [3.05, 3.63) is 54.1 Å². The van der Waals surface area contributed by atoms with E-state index in [-0.39, 0.29) is 18.4 Å². The van der Waals surface area contributed by atoms with Gasteiger partial charge < -0.3 is 20.6 Å². The number of carbonyl (C=O) groups is 1. The average molecular weight is 339 g/mol. The van der Waals surface area contributed by atoms with Crippen molar-refractivity contribution in [3.8, 4) is 11.3 Å². The van der Waals surface area contributed by atoms with Crippen molar-refractivity contribution in [2.75, 3.05) is 12.3 Å². The fourth-order valence-corrected chi connectivity index (χ4v) is 2.61. The molecule has 1 heterocycles. The van der Waals surface area contributed by atoms with E-state index < -0.39 is 0 Å². The molecule has 4 N–H and O–H groups in total. The van der Waals surface area contributed by atoms with E-state index in [9.17, 15) is 4.79 Å². The summed E-state index contributed by atoms with van der Waals surface area (Å²) in [6.07, 6.45) is 6.61. The third-order valence-corrected chi connectivity index (χ3v) is 3.85. The van der Waals surface area contributed by atoms with E-state index in [1.165, 1.54) is 0 Å². The van der Waals surface area contributed by atoms with E-state index in [2.05, 4.69) is 4.98 Å². The maximum atomic E-state index is 11.7. The Bertz CT molecular complexity index is 819. The van der Waals surface area contributed by atoms with Crippen molar-refractivity contribution >= 4 is 17.2 Å². The largest absolute Gasteiger partial charge is 0.466 e. The molecule has 1 unspecified atom stereocenters. The number of rotatable bonds is 5. The Morgan fingerprint density at radius 2 is 2.12 bits per heavy atom. The zero-order valence-electron chi connectivity index (χ0n) is 14.1. The van der Waals surface area contributed by atoms with Crippen LogP contribution in [-0.2, 0) is 16.0 Å². The standard InChI is InChI=1S/C19H21N3O3/c1-2-24-17(23)11-16-22-18(12-3-7-14(20)8-4-12)19(25-16)13-5-9-15(21)10-6-13/h3-7,9-10,14H,2,8,11,20-21H2,1H3. The highest BCUT2D eigenvalue weighted by Crippen LogP contribution is 2.32. The van der Waals surface area contributed by atoms with E-state index in [0.717, 1.165) is 17.6 Å². The van der Waals surface area contributed by atoms with Gasteiger partial charge in [-0.2, -0.15) is 0 Å². The predicted octanol–water partition coefficient (Wildman–Crippen LogP) is 2.70. The Balaban J connectivity index is 1.99. The van der Waals surface area contributed by atoms with Gasteiger partial charge in [0.05, 0.1) is 6.61 Å². The van der Waals surface area contributed by atoms with Gasteiger partial charge in [-0.1, -0.05) is 18.2 Å². The molecule has 1 aromatic carbocycles. The van der Waals surface area contributed by atoms with Crippen LogP contribution in [0.4, 0.5) is 5.69 Å². The minimum absolute atomic E-state index is 0.00762. The normalized spacial score (nSPS) is 16.6. The van der Waals surface area contributed by atoms with Gasteiger partial charge in [-0.3, -0.25) is 4.79 Å². The van der Waals surface area contributed by atoms with Crippen LogP contribution in [0.5, 0.6) is 0 Å². The van der Waals surface area contributed by atoms with E-state index in [0.29, 0.717) is 29.6 Å². The quantitative estimate of drug-likeness (QED) is 0.641. The third-order valence-electron chi connectivity index (χ3n) is 3.85. The van der Waals surface area contributed by atoms with Crippen molar-refractivity contribution in [2.24, 2.45) is 5.73 Å². The van der Waals surface area contributed by atoms with Crippen LogP contribution in [0.1, 0.15) is 24.9 Å². The molecule has 2 aromatic rings. The Labute approximate surface area is 146 Å². The molecule has 0 fully saturated rings. The number of aromatic nitrogens is 1. The summed E-state index contributed by atoms with van der Waals surface area (Å²) in [4.78, 5) is 16.3. The molecule has 130 valence electrons. The number of ether oxygens (including phenoxy) is 1. The van der Waals surface area contributed by atoms with Crippen molar-refractivity contribution in [3.63, 3.8) is 0 Å². The number of benzene rings is 1. The van der Waals surface area contributed by atoms with Gasteiger partial charge >= 0.3 is 5.97 Å². The maximum absolute atomic E-state index is 11.7. The van der Waals surface area contributed by atoms with Crippen LogP contribution in [-0.4, -0.2) is 23.6 Å². The van der Waals surface area contributed by atoms with E-state index in [1.54, 1.807) is 19.1 Å². The molecule has 1 aliphatic rings. The highest BCUT2D eigenvalue weighted by atomic mass is 16.5. The number of allylic oxidation sites excluding steroid dienone is 2. The highest BCUT2D eigenvalue weighted by Gasteiger charge is 2.20. The molecular weight excluding hydrogens is 318 g/mol. The summed E-state index contributed by atoms with van der Waals surface area (Å²) in [6, 6.07) is 7.34.